The van der Waals surface area contributed by atoms with E-state index in [0.29, 0.717) is 11.4 Å². The van der Waals surface area contributed by atoms with E-state index in [1.807, 2.05) is 26.8 Å². The fourth-order valence-electron chi connectivity index (χ4n) is 1.78. The number of carboxylic acid groups (broad SMARTS) is 1. The number of hydrogen-bond acceptors (Lipinski definition) is 5. The Morgan fingerprint density at radius 1 is 1.33 bits per heavy atom. The lowest BCUT2D eigenvalue weighted by atomic mass is 10.1. The highest BCUT2D eigenvalue weighted by atomic mass is 16.4. The minimum absolute atomic E-state index is 0.238. The average molecular weight is 289 g/mol. The van der Waals surface area contributed by atoms with E-state index in [4.69, 9.17) is 0 Å². The molecule has 0 aliphatic rings. The van der Waals surface area contributed by atoms with Crippen molar-refractivity contribution in [3.8, 4) is 0 Å². The third kappa shape index (κ3) is 3.85. The summed E-state index contributed by atoms with van der Waals surface area (Å²) in [6.45, 7) is 6.14. The summed E-state index contributed by atoms with van der Waals surface area (Å²) >= 11 is 0. The van der Waals surface area contributed by atoms with Gasteiger partial charge in [-0.2, -0.15) is 4.80 Å². The molecule has 0 saturated carbocycles. The maximum atomic E-state index is 11.4. The molecule has 0 amide bonds. The number of benzene rings is 1. The van der Waals surface area contributed by atoms with Crippen molar-refractivity contribution in [2.75, 3.05) is 0 Å². The summed E-state index contributed by atoms with van der Waals surface area (Å²) in [6, 6.07) is 8.20. The van der Waals surface area contributed by atoms with E-state index in [1.54, 1.807) is 24.3 Å². The van der Waals surface area contributed by atoms with Gasteiger partial charge < -0.3 is 5.11 Å². The minimum Gasteiger partial charge on any atom is -0.480 e. The molecule has 1 atom stereocenters. The molecular formula is C14H19N5O2. The van der Waals surface area contributed by atoms with Crippen molar-refractivity contribution >= 4 is 5.97 Å². The second kappa shape index (κ2) is 6.01. The Bertz CT molecular complexity index is 603. The highest BCUT2D eigenvalue weighted by Gasteiger charge is 2.21. The van der Waals surface area contributed by atoms with Gasteiger partial charge in [0.1, 0.15) is 6.04 Å². The first kappa shape index (κ1) is 15.1. The SMILES string of the molecule is CC(C)(C)n1nnc(CNC(C(=O)O)c2ccccc2)n1. The van der Waals surface area contributed by atoms with Crippen LogP contribution in [-0.4, -0.2) is 31.3 Å². The summed E-state index contributed by atoms with van der Waals surface area (Å²) in [4.78, 5) is 12.9. The van der Waals surface area contributed by atoms with Gasteiger partial charge in [0.05, 0.1) is 12.1 Å². The second-order valence-electron chi connectivity index (χ2n) is 5.73. The van der Waals surface area contributed by atoms with Crippen molar-refractivity contribution < 1.29 is 9.90 Å². The molecule has 1 unspecified atom stereocenters. The Morgan fingerprint density at radius 2 is 2.00 bits per heavy atom. The molecule has 0 fully saturated rings. The molecule has 0 bridgehead atoms. The summed E-state index contributed by atoms with van der Waals surface area (Å²) < 4.78 is 0. The summed E-state index contributed by atoms with van der Waals surface area (Å²) in [5, 5.41) is 24.4. The molecule has 1 aromatic heterocycles. The smallest absolute Gasteiger partial charge is 0.325 e. The zero-order valence-corrected chi connectivity index (χ0v) is 12.3. The van der Waals surface area contributed by atoms with Gasteiger partial charge in [0, 0.05) is 0 Å². The predicted molar refractivity (Wildman–Crippen MR) is 76.5 cm³/mol. The number of nitrogens with one attached hydrogen (secondary N) is 1. The molecule has 0 spiro atoms. The lowest BCUT2D eigenvalue weighted by Crippen LogP contribution is -2.29. The zero-order valence-electron chi connectivity index (χ0n) is 12.3. The van der Waals surface area contributed by atoms with Crippen LogP contribution < -0.4 is 5.32 Å². The van der Waals surface area contributed by atoms with Gasteiger partial charge in [-0.15, -0.1) is 10.2 Å². The van der Waals surface area contributed by atoms with Crippen LogP contribution >= 0.6 is 0 Å². The predicted octanol–water partition coefficient (Wildman–Crippen LogP) is 1.34. The summed E-state index contributed by atoms with van der Waals surface area (Å²) in [6.07, 6.45) is 0. The topological polar surface area (TPSA) is 92.9 Å². The van der Waals surface area contributed by atoms with Gasteiger partial charge in [-0.3, -0.25) is 10.1 Å². The van der Waals surface area contributed by atoms with Crippen molar-refractivity contribution in [2.24, 2.45) is 0 Å². The lowest BCUT2D eigenvalue weighted by Gasteiger charge is -2.15. The van der Waals surface area contributed by atoms with E-state index < -0.39 is 12.0 Å². The fraction of sp³-hybridized carbons (Fsp3) is 0.429. The van der Waals surface area contributed by atoms with Crippen LogP contribution in [0.5, 0.6) is 0 Å². The second-order valence-corrected chi connectivity index (χ2v) is 5.73. The molecule has 1 aromatic carbocycles. The molecule has 0 radical (unpaired) electrons. The van der Waals surface area contributed by atoms with E-state index in [9.17, 15) is 9.90 Å². The number of tetrazole rings is 1. The van der Waals surface area contributed by atoms with E-state index >= 15 is 0 Å². The normalized spacial score (nSPS) is 13.1. The van der Waals surface area contributed by atoms with Gasteiger partial charge in [0.2, 0.25) is 0 Å². The first-order valence-electron chi connectivity index (χ1n) is 6.68. The van der Waals surface area contributed by atoms with Gasteiger partial charge in [-0.05, 0) is 31.5 Å². The van der Waals surface area contributed by atoms with Crippen LogP contribution in [-0.2, 0) is 16.9 Å². The number of nitrogens with zero attached hydrogens (tertiary/aromatic N) is 4. The van der Waals surface area contributed by atoms with Crippen molar-refractivity contribution in [3.05, 3.63) is 41.7 Å². The molecule has 2 N–H and O–H groups in total. The van der Waals surface area contributed by atoms with Crippen molar-refractivity contribution in [2.45, 2.75) is 38.9 Å². The molecule has 2 rings (SSSR count). The van der Waals surface area contributed by atoms with Crippen LogP contribution in [0.3, 0.4) is 0 Å². The maximum absolute atomic E-state index is 11.4. The summed E-state index contributed by atoms with van der Waals surface area (Å²) in [5.74, 6) is -0.475. The maximum Gasteiger partial charge on any atom is 0.325 e. The van der Waals surface area contributed by atoms with Crippen molar-refractivity contribution in [1.82, 2.24) is 25.5 Å². The van der Waals surface area contributed by atoms with Crippen LogP contribution in [0.1, 0.15) is 38.2 Å². The molecule has 7 nitrogen and oxygen atoms in total. The summed E-state index contributed by atoms with van der Waals surface area (Å²) in [7, 11) is 0. The average Bonchev–Trinajstić information content (AvgIpc) is 2.88. The molecule has 21 heavy (non-hydrogen) atoms. The van der Waals surface area contributed by atoms with Gasteiger partial charge >= 0.3 is 5.97 Å². The third-order valence-electron chi connectivity index (χ3n) is 2.90. The molecule has 0 aliphatic carbocycles. The molecule has 1 heterocycles. The van der Waals surface area contributed by atoms with Crippen LogP contribution in [0.2, 0.25) is 0 Å². The quantitative estimate of drug-likeness (QED) is 0.863. The van der Waals surface area contributed by atoms with Gasteiger partial charge in [-0.1, -0.05) is 30.3 Å². The minimum atomic E-state index is -0.940. The van der Waals surface area contributed by atoms with Gasteiger partial charge in [0.15, 0.2) is 5.82 Å². The number of aromatic nitrogens is 4. The van der Waals surface area contributed by atoms with Crippen molar-refractivity contribution in [1.29, 1.82) is 0 Å². The van der Waals surface area contributed by atoms with Crippen LogP contribution in [0.4, 0.5) is 0 Å². The Morgan fingerprint density at radius 3 is 2.52 bits per heavy atom. The van der Waals surface area contributed by atoms with Gasteiger partial charge in [-0.25, -0.2) is 0 Å². The highest BCUT2D eigenvalue weighted by Crippen LogP contribution is 2.13. The number of carbonyl (C=O) groups is 1. The van der Waals surface area contributed by atoms with E-state index in [2.05, 4.69) is 20.7 Å². The zero-order chi connectivity index (χ0) is 15.5. The highest BCUT2D eigenvalue weighted by molar-refractivity contribution is 5.75. The van der Waals surface area contributed by atoms with Crippen LogP contribution in [0.25, 0.3) is 0 Å². The van der Waals surface area contributed by atoms with Crippen LogP contribution in [0.15, 0.2) is 30.3 Å². The van der Waals surface area contributed by atoms with Crippen LogP contribution in [0, 0.1) is 0 Å². The van der Waals surface area contributed by atoms with Crippen molar-refractivity contribution in [3.63, 3.8) is 0 Å². The number of aliphatic carboxylic acids is 1. The summed E-state index contributed by atoms with van der Waals surface area (Å²) in [5.41, 5.74) is 0.435. The Hall–Kier alpha value is -2.28. The lowest BCUT2D eigenvalue weighted by molar-refractivity contribution is -0.139. The largest absolute Gasteiger partial charge is 0.480 e. The first-order chi connectivity index (χ1) is 9.88. The molecular weight excluding hydrogens is 270 g/mol. The van der Waals surface area contributed by atoms with E-state index in [0.717, 1.165) is 0 Å². The van der Waals surface area contributed by atoms with E-state index in [1.165, 1.54) is 4.80 Å². The third-order valence-corrected chi connectivity index (χ3v) is 2.90. The molecule has 0 saturated heterocycles. The molecule has 112 valence electrons. The monoisotopic (exact) mass is 289 g/mol. The van der Waals surface area contributed by atoms with Gasteiger partial charge in [0.25, 0.3) is 0 Å². The van der Waals surface area contributed by atoms with E-state index in [-0.39, 0.29) is 12.1 Å². The first-order valence-corrected chi connectivity index (χ1v) is 6.68. The standard InChI is InChI=1S/C14H19N5O2/c1-14(2,3)19-17-11(16-18-19)9-15-12(13(20)21)10-7-5-4-6-8-10/h4-8,12,15H,9H2,1-3H3,(H,20,21). The number of carboxylic acids is 1. The Labute approximate surface area is 123 Å². The Kier molecular flexibility index (Phi) is 4.32. The molecule has 0 aliphatic heterocycles. The number of rotatable bonds is 5. The molecule has 7 heteroatoms. The molecule has 2 aromatic rings. The fourth-order valence-corrected chi connectivity index (χ4v) is 1.78. The Balaban J connectivity index is 2.06. The number of hydrogen-bond donors (Lipinski definition) is 2.